The number of carbonyl (C=O) groups excluding carboxylic acids is 2. The molecule has 25 heavy (non-hydrogen) atoms. The van der Waals surface area contributed by atoms with Gasteiger partial charge in [0.2, 0.25) is 0 Å². The van der Waals surface area contributed by atoms with Crippen LogP contribution in [0.2, 0.25) is 0 Å². The third-order valence-corrected chi connectivity index (χ3v) is 4.21. The van der Waals surface area contributed by atoms with Crippen molar-refractivity contribution in [2.75, 3.05) is 14.2 Å². The van der Waals surface area contributed by atoms with E-state index in [9.17, 15) is 14.9 Å². The predicted molar refractivity (Wildman–Crippen MR) is 89.0 cm³/mol. The first-order valence-corrected chi connectivity index (χ1v) is 7.64. The van der Waals surface area contributed by atoms with Gasteiger partial charge >= 0.3 is 5.97 Å². The molecule has 0 saturated heterocycles. The highest BCUT2D eigenvalue weighted by molar-refractivity contribution is 6.00. The number of esters is 1. The number of benzene rings is 2. The molecule has 1 heterocycles. The highest BCUT2D eigenvalue weighted by Crippen LogP contribution is 2.36. The van der Waals surface area contributed by atoms with Crippen molar-refractivity contribution >= 4 is 11.9 Å². The highest BCUT2D eigenvalue weighted by atomic mass is 16.5. The number of nitrogens with zero attached hydrogens (tertiary/aromatic N) is 2. The number of hydrogen-bond acceptors (Lipinski definition) is 5. The summed E-state index contributed by atoms with van der Waals surface area (Å²) in [5, 5.41) is 9.55. The van der Waals surface area contributed by atoms with Crippen molar-refractivity contribution in [3.63, 3.8) is 0 Å². The molecular formula is C19H16N2O4. The Morgan fingerprint density at radius 3 is 2.52 bits per heavy atom. The normalized spacial score (nSPS) is 15.5. The summed E-state index contributed by atoms with van der Waals surface area (Å²) in [6.07, 6.45) is 0. The van der Waals surface area contributed by atoms with Gasteiger partial charge in [0.25, 0.3) is 5.91 Å². The Bertz CT molecular complexity index is 868. The van der Waals surface area contributed by atoms with E-state index in [4.69, 9.17) is 4.74 Å². The fourth-order valence-electron chi connectivity index (χ4n) is 2.89. The lowest BCUT2D eigenvalue weighted by atomic mass is 10.1. The van der Waals surface area contributed by atoms with E-state index in [2.05, 4.69) is 10.8 Å². The Labute approximate surface area is 145 Å². The molecule has 1 atom stereocenters. The molecule has 1 aliphatic heterocycles. The Balaban J connectivity index is 1.87. The van der Waals surface area contributed by atoms with E-state index in [0.29, 0.717) is 22.4 Å². The van der Waals surface area contributed by atoms with Crippen LogP contribution in [0.25, 0.3) is 0 Å². The molecular weight excluding hydrogens is 320 g/mol. The molecule has 0 spiro atoms. The van der Waals surface area contributed by atoms with Crippen LogP contribution < -0.4 is 4.74 Å². The molecule has 0 aliphatic carbocycles. The van der Waals surface area contributed by atoms with Gasteiger partial charge in [-0.15, -0.1) is 0 Å². The third-order valence-electron chi connectivity index (χ3n) is 4.21. The van der Waals surface area contributed by atoms with Crippen molar-refractivity contribution in [2.24, 2.45) is 0 Å². The summed E-state index contributed by atoms with van der Waals surface area (Å²) in [5.74, 6) is -0.00414. The van der Waals surface area contributed by atoms with Crippen molar-refractivity contribution < 1.29 is 19.1 Å². The minimum atomic E-state index is -0.669. The van der Waals surface area contributed by atoms with Gasteiger partial charge in [0.1, 0.15) is 11.8 Å². The smallest absolute Gasteiger partial charge is 0.337 e. The van der Waals surface area contributed by atoms with Gasteiger partial charge in [-0.25, -0.2) is 4.79 Å². The number of methoxy groups -OCH3 is 2. The topological polar surface area (TPSA) is 79.6 Å². The van der Waals surface area contributed by atoms with Crippen LogP contribution in [0.1, 0.15) is 37.9 Å². The second-order valence-corrected chi connectivity index (χ2v) is 5.61. The van der Waals surface area contributed by atoms with Crippen molar-refractivity contribution in [3.05, 3.63) is 64.7 Å². The number of amides is 1. The maximum absolute atomic E-state index is 12.7. The number of carbonyl (C=O) groups is 2. The monoisotopic (exact) mass is 336 g/mol. The van der Waals surface area contributed by atoms with Gasteiger partial charge in [-0.1, -0.05) is 12.1 Å². The second-order valence-electron chi connectivity index (χ2n) is 5.61. The lowest BCUT2D eigenvalue weighted by Crippen LogP contribution is -2.26. The molecule has 6 nitrogen and oxygen atoms in total. The Kier molecular flexibility index (Phi) is 4.40. The molecule has 6 heteroatoms. The van der Waals surface area contributed by atoms with Crippen molar-refractivity contribution in [2.45, 2.75) is 12.6 Å². The van der Waals surface area contributed by atoms with Gasteiger partial charge < -0.3 is 14.4 Å². The second kappa shape index (κ2) is 6.65. The maximum atomic E-state index is 12.7. The summed E-state index contributed by atoms with van der Waals surface area (Å²) < 4.78 is 9.85. The number of ether oxygens (including phenoxy) is 2. The first-order valence-electron chi connectivity index (χ1n) is 7.64. The van der Waals surface area contributed by atoms with Crippen LogP contribution >= 0.6 is 0 Å². The predicted octanol–water partition coefficient (Wildman–Crippen LogP) is 2.70. The van der Waals surface area contributed by atoms with Gasteiger partial charge in [0.05, 0.1) is 25.9 Å². The molecule has 0 N–H and O–H groups in total. The summed E-state index contributed by atoms with van der Waals surface area (Å²) in [6, 6.07) is 13.4. The fraction of sp³-hybridized carbons (Fsp3) is 0.211. The standard InChI is InChI=1S/C19H16N2O4/c1-24-14-7-8-15-16(9-14)17(10-20)21(18(15)22)11-12-3-5-13(6-4-12)19(23)25-2/h3-9,17H,11H2,1-2H3. The van der Waals surface area contributed by atoms with E-state index < -0.39 is 12.0 Å². The van der Waals surface area contributed by atoms with Crippen molar-refractivity contribution in [1.82, 2.24) is 4.90 Å². The zero-order valence-electron chi connectivity index (χ0n) is 13.9. The molecule has 3 rings (SSSR count). The molecule has 0 bridgehead atoms. The summed E-state index contributed by atoms with van der Waals surface area (Å²) >= 11 is 0. The SMILES string of the molecule is COC(=O)c1ccc(CN2C(=O)c3ccc(OC)cc3C2C#N)cc1. The zero-order chi connectivity index (χ0) is 18.0. The van der Waals surface area contributed by atoms with Crippen LogP contribution in [0.15, 0.2) is 42.5 Å². The lowest BCUT2D eigenvalue weighted by Gasteiger charge is -2.20. The number of nitriles is 1. The quantitative estimate of drug-likeness (QED) is 0.802. The molecule has 0 radical (unpaired) electrons. The number of hydrogen-bond donors (Lipinski definition) is 0. The molecule has 2 aromatic rings. The van der Waals surface area contributed by atoms with E-state index in [1.165, 1.54) is 12.0 Å². The van der Waals surface area contributed by atoms with Crippen LogP contribution in [-0.2, 0) is 11.3 Å². The molecule has 0 fully saturated rings. The minimum Gasteiger partial charge on any atom is -0.497 e. The lowest BCUT2D eigenvalue weighted by molar-refractivity contribution is 0.0600. The van der Waals surface area contributed by atoms with Crippen molar-refractivity contribution in [1.29, 1.82) is 5.26 Å². The average Bonchev–Trinajstić information content (AvgIpc) is 2.92. The Morgan fingerprint density at radius 2 is 1.92 bits per heavy atom. The molecule has 126 valence electrons. The van der Waals surface area contributed by atoms with Crippen LogP contribution in [0.4, 0.5) is 0 Å². The van der Waals surface area contributed by atoms with E-state index in [0.717, 1.165) is 5.56 Å². The summed E-state index contributed by atoms with van der Waals surface area (Å²) in [4.78, 5) is 25.6. The van der Waals surface area contributed by atoms with Gasteiger partial charge in [0, 0.05) is 17.7 Å². The van der Waals surface area contributed by atoms with Crippen LogP contribution in [0.3, 0.4) is 0 Å². The van der Waals surface area contributed by atoms with Crippen LogP contribution in [0, 0.1) is 11.3 Å². The molecule has 0 aromatic heterocycles. The summed E-state index contributed by atoms with van der Waals surface area (Å²) in [5.41, 5.74) is 2.42. The molecule has 1 aliphatic rings. The van der Waals surface area contributed by atoms with E-state index in [1.54, 1.807) is 49.6 Å². The van der Waals surface area contributed by atoms with Gasteiger partial charge in [0.15, 0.2) is 0 Å². The molecule has 2 aromatic carbocycles. The van der Waals surface area contributed by atoms with Gasteiger partial charge in [-0.2, -0.15) is 5.26 Å². The largest absolute Gasteiger partial charge is 0.497 e. The Morgan fingerprint density at radius 1 is 1.20 bits per heavy atom. The van der Waals surface area contributed by atoms with Crippen molar-refractivity contribution in [3.8, 4) is 11.8 Å². The average molecular weight is 336 g/mol. The molecule has 1 amide bonds. The zero-order valence-corrected chi connectivity index (χ0v) is 13.9. The van der Waals surface area contributed by atoms with Crippen LogP contribution in [0.5, 0.6) is 5.75 Å². The minimum absolute atomic E-state index is 0.193. The number of rotatable bonds is 4. The summed E-state index contributed by atoms with van der Waals surface area (Å²) in [6.45, 7) is 0.273. The first kappa shape index (κ1) is 16.5. The number of fused-ring (bicyclic) bond motifs is 1. The van der Waals surface area contributed by atoms with Gasteiger partial charge in [-0.05, 0) is 35.9 Å². The van der Waals surface area contributed by atoms with E-state index in [1.807, 2.05) is 0 Å². The van der Waals surface area contributed by atoms with Crippen LogP contribution in [-0.4, -0.2) is 31.0 Å². The first-order chi connectivity index (χ1) is 12.1. The Hall–Kier alpha value is -3.33. The third kappa shape index (κ3) is 2.92. The van der Waals surface area contributed by atoms with Gasteiger partial charge in [-0.3, -0.25) is 4.79 Å². The highest BCUT2D eigenvalue weighted by Gasteiger charge is 2.37. The van der Waals surface area contributed by atoms with E-state index >= 15 is 0 Å². The molecule has 0 saturated carbocycles. The summed E-state index contributed by atoms with van der Waals surface area (Å²) in [7, 11) is 2.86. The fourth-order valence-corrected chi connectivity index (χ4v) is 2.89. The maximum Gasteiger partial charge on any atom is 0.337 e. The van der Waals surface area contributed by atoms with E-state index in [-0.39, 0.29) is 12.5 Å². The molecule has 1 unspecified atom stereocenters.